The Kier molecular flexibility index (Phi) is 6.17. The summed E-state index contributed by atoms with van der Waals surface area (Å²) < 4.78 is 41.3. The molecule has 2 N–H and O–H groups in total. The van der Waals surface area contributed by atoms with E-state index in [1.54, 1.807) is 19.1 Å². The van der Waals surface area contributed by atoms with Gasteiger partial charge in [-0.05, 0) is 68.7 Å². The molecule has 1 aliphatic carbocycles. The van der Waals surface area contributed by atoms with Crippen molar-refractivity contribution in [3.63, 3.8) is 0 Å². The minimum atomic E-state index is -4.08. The summed E-state index contributed by atoms with van der Waals surface area (Å²) in [6.45, 7) is 1.79. The Bertz CT molecular complexity index is 1030. The van der Waals surface area contributed by atoms with Gasteiger partial charge in [-0.3, -0.25) is 10.1 Å². The molecular weight excluding hydrogens is 415 g/mol. The van der Waals surface area contributed by atoms with Crippen LogP contribution in [0.2, 0.25) is 0 Å². The third-order valence-corrected chi connectivity index (χ3v) is 8.77. The number of benzene rings is 2. The molecule has 0 radical (unpaired) electrons. The maximum absolute atomic E-state index is 15.5. The van der Waals surface area contributed by atoms with Crippen LogP contribution in [-0.2, 0) is 14.6 Å². The third-order valence-electron chi connectivity index (χ3n) is 6.52. The van der Waals surface area contributed by atoms with Crippen molar-refractivity contribution in [2.45, 2.75) is 73.5 Å². The number of sulfone groups is 1. The lowest BCUT2D eigenvalue weighted by Crippen LogP contribution is -2.49. The van der Waals surface area contributed by atoms with E-state index in [1.165, 1.54) is 17.7 Å². The van der Waals surface area contributed by atoms with Crippen molar-refractivity contribution in [1.29, 1.82) is 0 Å². The van der Waals surface area contributed by atoms with Crippen molar-refractivity contribution in [3.05, 3.63) is 65.7 Å². The number of amides is 1. The van der Waals surface area contributed by atoms with Crippen LogP contribution in [0.5, 0.6) is 0 Å². The number of halogens is 1. The smallest absolute Gasteiger partial charge is 0.237 e. The Morgan fingerprint density at radius 2 is 1.74 bits per heavy atom. The second kappa shape index (κ2) is 8.71. The average Bonchev–Trinajstić information content (AvgIpc) is 3.26. The number of hydrogen-bond acceptors (Lipinski definition) is 4. The Morgan fingerprint density at radius 3 is 2.42 bits per heavy atom. The van der Waals surface area contributed by atoms with E-state index in [0.717, 1.165) is 18.4 Å². The molecule has 1 saturated heterocycles. The predicted octanol–water partition coefficient (Wildman–Crippen LogP) is 3.99. The van der Waals surface area contributed by atoms with Gasteiger partial charge >= 0.3 is 0 Å². The van der Waals surface area contributed by atoms with Gasteiger partial charge in [0.05, 0.1) is 10.9 Å². The zero-order valence-electron chi connectivity index (χ0n) is 17.7. The summed E-state index contributed by atoms with van der Waals surface area (Å²) in [5.74, 6) is -0.0867. The Labute approximate surface area is 183 Å². The van der Waals surface area contributed by atoms with Crippen LogP contribution in [0.25, 0.3) is 0 Å². The molecule has 1 heterocycles. The van der Waals surface area contributed by atoms with Crippen molar-refractivity contribution in [2.75, 3.05) is 0 Å². The summed E-state index contributed by atoms with van der Waals surface area (Å²) in [6, 6.07) is 16.1. The maximum Gasteiger partial charge on any atom is 0.237 e. The van der Waals surface area contributed by atoms with E-state index in [0.29, 0.717) is 12.8 Å². The molecule has 0 aromatic heterocycles. The molecule has 2 aromatic rings. The second-order valence-electron chi connectivity index (χ2n) is 8.75. The van der Waals surface area contributed by atoms with Gasteiger partial charge in [-0.25, -0.2) is 12.8 Å². The monoisotopic (exact) mass is 444 g/mol. The molecule has 0 unspecified atom stereocenters. The fourth-order valence-electron chi connectivity index (χ4n) is 4.66. The largest absolute Gasteiger partial charge is 0.352 e. The standard InChI is InChI=1S/C24H29FN2O3S/c1-17-6-5-9-20(16-17)31(29,30)24(25)14-12-19(13-15-24)26-23(28)22-11-10-21(27-22)18-7-3-2-4-8-18/h2-9,16,19,21-22,27H,10-15H2,1H3,(H,26,28)/t19?,21-,22+,24?/m1/s1. The molecule has 0 bridgehead atoms. The predicted molar refractivity (Wildman–Crippen MR) is 118 cm³/mol. The fourth-order valence-corrected chi connectivity index (χ4v) is 6.45. The van der Waals surface area contributed by atoms with E-state index in [2.05, 4.69) is 22.8 Å². The molecule has 31 heavy (non-hydrogen) atoms. The summed E-state index contributed by atoms with van der Waals surface area (Å²) in [4.78, 5) is 12.7. The van der Waals surface area contributed by atoms with E-state index < -0.39 is 14.8 Å². The highest BCUT2D eigenvalue weighted by Gasteiger charge is 2.48. The molecule has 5 nitrogen and oxygen atoms in total. The molecular formula is C24H29FN2O3S. The first-order chi connectivity index (χ1) is 14.8. The topological polar surface area (TPSA) is 75.3 Å². The van der Waals surface area contributed by atoms with Crippen LogP contribution >= 0.6 is 0 Å². The van der Waals surface area contributed by atoms with E-state index in [9.17, 15) is 13.2 Å². The molecule has 1 aliphatic heterocycles. The van der Waals surface area contributed by atoms with E-state index in [1.807, 2.05) is 18.2 Å². The molecule has 4 rings (SSSR count). The Balaban J connectivity index is 1.33. The molecule has 1 amide bonds. The van der Waals surface area contributed by atoms with Crippen LogP contribution in [0.15, 0.2) is 59.5 Å². The zero-order chi connectivity index (χ0) is 22.1. The van der Waals surface area contributed by atoms with Crippen LogP contribution in [-0.4, -0.2) is 31.4 Å². The number of carbonyl (C=O) groups excluding carboxylic acids is 1. The quantitative estimate of drug-likeness (QED) is 0.731. The number of aryl methyl sites for hydroxylation is 1. The van der Waals surface area contributed by atoms with Crippen molar-refractivity contribution in [2.24, 2.45) is 0 Å². The van der Waals surface area contributed by atoms with Gasteiger partial charge in [0.2, 0.25) is 20.7 Å². The first-order valence-electron chi connectivity index (χ1n) is 10.9. The molecule has 166 valence electrons. The zero-order valence-corrected chi connectivity index (χ0v) is 18.5. The number of carbonyl (C=O) groups is 1. The van der Waals surface area contributed by atoms with Gasteiger partial charge in [0.15, 0.2) is 0 Å². The normalized spacial score (nSPS) is 28.9. The van der Waals surface area contributed by atoms with E-state index >= 15 is 4.39 Å². The van der Waals surface area contributed by atoms with E-state index in [4.69, 9.17) is 0 Å². The highest BCUT2D eigenvalue weighted by atomic mass is 32.2. The highest BCUT2D eigenvalue weighted by molar-refractivity contribution is 7.92. The molecule has 2 atom stereocenters. The average molecular weight is 445 g/mol. The van der Waals surface area contributed by atoms with Gasteiger partial charge in [0.25, 0.3) is 0 Å². The number of rotatable bonds is 5. The number of alkyl halides is 1. The maximum atomic E-state index is 15.5. The van der Waals surface area contributed by atoms with Crippen LogP contribution in [0, 0.1) is 6.92 Å². The molecule has 1 saturated carbocycles. The minimum Gasteiger partial charge on any atom is -0.352 e. The highest BCUT2D eigenvalue weighted by Crippen LogP contribution is 2.40. The lowest BCUT2D eigenvalue weighted by atomic mass is 9.93. The first kappa shape index (κ1) is 22.0. The van der Waals surface area contributed by atoms with Crippen LogP contribution < -0.4 is 10.6 Å². The summed E-state index contributed by atoms with van der Waals surface area (Å²) in [5, 5.41) is 4.10. The second-order valence-corrected chi connectivity index (χ2v) is 11.0. The first-order valence-corrected chi connectivity index (χ1v) is 12.4. The van der Waals surface area contributed by atoms with Crippen molar-refractivity contribution < 1.29 is 17.6 Å². The van der Waals surface area contributed by atoms with Gasteiger partial charge in [0, 0.05) is 12.1 Å². The summed E-state index contributed by atoms with van der Waals surface area (Å²) in [5.41, 5.74) is 1.95. The number of nitrogens with one attached hydrogen (secondary N) is 2. The lowest BCUT2D eigenvalue weighted by molar-refractivity contribution is -0.123. The van der Waals surface area contributed by atoms with Gasteiger partial charge in [-0.1, -0.05) is 42.5 Å². The van der Waals surface area contributed by atoms with E-state index in [-0.39, 0.29) is 41.8 Å². The Morgan fingerprint density at radius 1 is 1.03 bits per heavy atom. The fraction of sp³-hybridized carbons (Fsp3) is 0.458. The molecule has 0 spiro atoms. The molecule has 2 aromatic carbocycles. The van der Waals surface area contributed by atoms with Gasteiger partial charge in [-0.15, -0.1) is 0 Å². The van der Waals surface area contributed by atoms with Crippen molar-refractivity contribution in [1.82, 2.24) is 10.6 Å². The van der Waals surface area contributed by atoms with Crippen molar-refractivity contribution >= 4 is 15.7 Å². The molecule has 7 heteroatoms. The van der Waals surface area contributed by atoms with Crippen LogP contribution in [0.1, 0.15) is 55.7 Å². The molecule has 2 aliphatic rings. The Hall–Kier alpha value is -2.25. The summed E-state index contributed by atoms with van der Waals surface area (Å²) in [6.07, 6.45) is 2.02. The van der Waals surface area contributed by atoms with Gasteiger partial charge in [0.1, 0.15) is 0 Å². The minimum absolute atomic E-state index is 0.0274. The summed E-state index contributed by atoms with van der Waals surface area (Å²) >= 11 is 0. The van der Waals surface area contributed by atoms with Gasteiger partial charge in [-0.2, -0.15) is 0 Å². The lowest BCUT2D eigenvalue weighted by Gasteiger charge is -2.34. The number of hydrogen-bond donors (Lipinski definition) is 2. The van der Waals surface area contributed by atoms with Crippen LogP contribution in [0.4, 0.5) is 4.39 Å². The van der Waals surface area contributed by atoms with Crippen LogP contribution in [0.3, 0.4) is 0 Å². The van der Waals surface area contributed by atoms with Crippen molar-refractivity contribution in [3.8, 4) is 0 Å². The third kappa shape index (κ3) is 4.53. The summed E-state index contributed by atoms with van der Waals surface area (Å²) in [7, 11) is -4.08. The SMILES string of the molecule is Cc1cccc(S(=O)(=O)C2(F)CCC(NC(=O)[C@@H]3CC[C@H](c4ccccc4)N3)CC2)c1. The molecule has 2 fully saturated rings. The van der Waals surface area contributed by atoms with Gasteiger partial charge < -0.3 is 5.32 Å².